The fraction of sp³-hybridized carbons (Fsp3) is 0.750. The zero-order valence-corrected chi connectivity index (χ0v) is 11.0. The van der Waals surface area contributed by atoms with Crippen LogP contribution in [0, 0.1) is 12.8 Å². The van der Waals surface area contributed by atoms with Crippen molar-refractivity contribution < 1.29 is 5.11 Å². The van der Waals surface area contributed by atoms with Crippen LogP contribution in [0.5, 0.6) is 0 Å². The van der Waals surface area contributed by atoms with Gasteiger partial charge in [-0.2, -0.15) is 0 Å². The van der Waals surface area contributed by atoms with E-state index in [0.717, 1.165) is 25.2 Å². The Morgan fingerprint density at radius 3 is 2.88 bits per heavy atom. The molecule has 0 aromatic carbocycles. The van der Waals surface area contributed by atoms with Gasteiger partial charge in [0.05, 0.1) is 11.2 Å². The number of aliphatic hydroxyl groups is 1. The first-order chi connectivity index (χ1) is 7.77. The van der Waals surface area contributed by atoms with E-state index in [0.29, 0.717) is 12.5 Å². The fourth-order valence-corrected chi connectivity index (χ4v) is 2.57. The van der Waals surface area contributed by atoms with E-state index in [-0.39, 0.29) is 0 Å². The van der Waals surface area contributed by atoms with Crippen molar-refractivity contribution in [2.45, 2.75) is 39.7 Å². The number of aliphatic hydroxyl groups excluding tert-OH is 1. The van der Waals surface area contributed by atoms with E-state index in [1.165, 1.54) is 17.7 Å². The third kappa shape index (κ3) is 4.60. The molecule has 4 heteroatoms. The number of thiazole rings is 1. The van der Waals surface area contributed by atoms with Crippen LogP contribution < -0.4 is 5.32 Å². The highest BCUT2D eigenvalue weighted by molar-refractivity contribution is 7.09. The van der Waals surface area contributed by atoms with Crippen LogP contribution in [-0.2, 0) is 6.54 Å². The van der Waals surface area contributed by atoms with E-state index in [9.17, 15) is 0 Å². The van der Waals surface area contributed by atoms with Gasteiger partial charge < -0.3 is 10.4 Å². The van der Waals surface area contributed by atoms with Gasteiger partial charge in [0.15, 0.2) is 0 Å². The van der Waals surface area contributed by atoms with Crippen LogP contribution in [0.4, 0.5) is 0 Å². The fourth-order valence-electron chi connectivity index (χ4n) is 1.82. The number of rotatable bonds is 8. The highest BCUT2D eigenvalue weighted by Gasteiger charge is 2.07. The Morgan fingerprint density at radius 2 is 2.31 bits per heavy atom. The average Bonchev–Trinajstić information content (AvgIpc) is 2.65. The molecule has 0 spiro atoms. The normalized spacial score (nSPS) is 12.9. The highest BCUT2D eigenvalue weighted by atomic mass is 32.1. The number of nitrogens with zero attached hydrogens (tertiary/aromatic N) is 1. The SMILES string of the molecule is CCCC(CCO)CNCc1scnc1C. The smallest absolute Gasteiger partial charge is 0.0798 e. The molecular weight excluding hydrogens is 220 g/mol. The first-order valence-electron chi connectivity index (χ1n) is 5.98. The van der Waals surface area contributed by atoms with Crippen LogP contribution in [-0.4, -0.2) is 23.2 Å². The maximum atomic E-state index is 8.96. The van der Waals surface area contributed by atoms with E-state index in [1.807, 2.05) is 12.4 Å². The van der Waals surface area contributed by atoms with Crippen LogP contribution in [0.2, 0.25) is 0 Å². The summed E-state index contributed by atoms with van der Waals surface area (Å²) >= 11 is 1.70. The van der Waals surface area contributed by atoms with Gasteiger partial charge in [0.2, 0.25) is 0 Å². The molecule has 0 aliphatic rings. The van der Waals surface area contributed by atoms with Crippen molar-refractivity contribution in [3.05, 3.63) is 16.1 Å². The minimum absolute atomic E-state index is 0.298. The summed E-state index contributed by atoms with van der Waals surface area (Å²) in [6, 6.07) is 0. The lowest BCUT2D eigenvalue weighted by Crippen LogP contribution is -2.23. The number of hydrogen-bond acceptors (Lipinski definition) is 4. The number of nitrogens with one attached hydrogen (secondary N) is 1. The zero-order chi connectivity index (χ0) is 11.8. The first-order valence-corrected chi connectivity index (χ1v) is 6.86. The number of aromatic nitrogens is 1. The molecular formula is C12H22N2OS. The molecule has 0 amide bonds. The van der Waals surface area contributed by atoms with Gasteiger partial charge >= 0.3 is 0 Å². The standard InChI is InChI=1S/C12H22N2OS/c1-3-4-11(5-6-15)7-13-8-12-10(2)14-9-16-12/h9,11,13,15H,3-8H2,1-2H3. The Labute approximate surface area is 102 Å². The van der Waals surface area contributed by atoms with Gasteiger partial charge in [-0.3, -0.25) is 0 Å². The maximum absolute atomic E-state index is 8.96. The van der Waals surface area contributed by atoms with Gasteiger partial charge in [0.1, 0.15) is 0 Å². The van der Waals surface area contributed by atoms with Crippen molar-refractivity contribution in [2.24, 2.45) is 5.92 Å². The Bertz CT molecular complexity index is 282. The van der Waals surface area contributed by atoms with Crippen LogP contribution >= 0.6 is 11.3 Å². The van der Waals surface area contributed by atoms with Gasteiger partial charge in [0.25, 0.3) is 0 Å². The molecule has 16 heavy (non-hydrogen) atoms. The summed E-state index contributed by atoms with van der Waals surface area (Å²) < 4.78 is 0. The number of aryl methyl sites for hydroxylation is 1. The highest BCUT2D eigenvalue weighted by Crippen LogP contribution is 2.13. The van der Waals surface area contributed by atoms with Crippen LogP contribution in [0.3, 0.4) is 0 Å². The van der Waals surface area contributed by atoms with Gasteiger partial charge in [-0.05, 0) is 32.2 Å². The van der Waals surface area contributed by atoms with E-state index >= 15 is 0 Å². The van der Waals surface area contributed by atoms with E-state index in [4.69, 9.17) is 5.11 Å². The topological polar surface area (TPSA) is 45.1 Å². The molecule has 1 unspecified atom stereocenters. The average molecular weight is 242 g/mol. The van der Waals surface area contributed by atoms with Gasteiger partial charge in [-0.15, -0.1) is 11.3 Å². The molecule has 1 aromatic rings. The minimum Gasteiger partial charge on any atom is -0.396 e. The van der Waals surface area contributed by atoms with E-state index in [2.05, 4.69) is 17.2 Å². The second-order valence-electron chi connectivity index (χ2n) is 4.16. The summed E-state index contributed by atoms with van der Waals surface area (Å²) in [7, 11) is 0. The molecule has 0 saturated carbocycles. The zero-order valence-electron chi connectivity index (χ0n) is 10.2. The molecule has 0 saturated heterocycles. The summed E-state index contributed by atoms with van der Waals surface area (Å²) in [6.45, 7) is 6.43. The quantitative estimate of drug-likeness (QED) is 0.735. The molecule has 1 rings (SSSR count). The molecule has 0 fully saturated rings. The first kappa shape index (κ1) is 13.6. The molecule has 0 aliphatic carbocycles. The lowest BCUT2D eigenvalue weighted by Gasteiger charge is -2.15. The lowest BCUT2D eigenvalue weighted by atomic mass is 10.0. The van der Waals surface area contributed by atoms with Crippen LogP contribution in [0.15, 0.2) is 5.51 Å². The van der Waals surface area contributed by atoms with Crippen molar-refractivity contribution in [3.63, 3.8) is 0 Å². The minimum atomic E-state index is 0.298. The molecule has 0 radical (unpaired) electrons. The Kier molecular flexibility index (Phi) is 6.61. The Balaban J connectivity index is 2.24. The van der Waals surface area contributed by atoms with Crippen molar-refractivity contribution in [3.8, 4) is 0 Å². The van der Waals surface area contributed by atoms with Crippen molar-refractivity contribution >= 4 is 11.3 Å². The van der Waals surface area contributed by atoms with Crippen LogP contribution in [0.25, 0.3) is 0 Å². The molecule has 1 heterocycles. The second kappa shape index (κ2) is 7.76. The summed E-state index contributed by atoms with van der Waals surface area (Å²) in [5.74, 6) is 0.600. The van der Waals surface area contributed by atoms with Gasteiger partial charge in [-0.1, -0.05) is 13.3 Å². The second-order valence-corrected chi connectivity index (χ2v) is 5.10. The molecule has 2 N–H and O–H groups in total. The van der Waals surface area contributed by atoms with Crippen LogP contribution in [0.1, 0.15) is 36.8 Å². The molecule has 1 aromatic heterocycles. The predicted molar refractivity (Wildman–Crippen MR) is 68.7 cm³/mol. The third-order valence-corrected chi connectivity index (χ3v) is 3.73. The van der Waals surface area contributed by atoms with Crippen molar-refractivity contribution in [1.29, 1.82) is 0 Å². The summed E-state index contributed by atoms with van der Waals surface area (Å²) in [5.41, 5.74) is 3.02. The molecule has 1 atom stereocenters. The van der Waals surface area contributed by atoms with E-state index in [1.54, 1.807) is 11.3 Å². The molecule has 0 bridgehead atoms. The monoisotopic (exact) mass is 242 g/mol. The summed E-state index contributed by atoms with van der Waals surface area (Å²) in [4.78, 5) is 5.54. The molecule has 0 aliphatic heterocycles. The van der Waals surface area contributed by atoms with E-state index < -0.39 is 0 Å². The molecule has 92 valence electrons. The summed E-state index contributed by atoms with van der Waals surface area (Å²) in [6.07, 6.45) is 3.28. The maximum Gasteiger partial charge on any atom is 0.0798 e. The van der Waals surface area contributed by atoms with Gasteiger partial charge in [0, 0.05) is 18.0 Å². The Morgan fingerprint density at radius 1 is 1.50 bits per heavy atom. The van der Waals surface area contributed by atoms with Crippen molar-refractivity contribution in [2.75, 3.05) is 13.2 Å². The number of hydrogen-bond donors (Lipinski definition) is 2. The summed E-state index contributed by atoms with van der Waals surface area (Å²) in [5, 5.41) is 12.4. The molecule has 3 nitrogen and oxygen atoms in total. The van der Waals surface area contributed by atoms with Crippen molar-refractivity contribution in [1.82, 2.24) is 10.3 Å². The largest absolute Gasteiger partial charge is 0.396 e. The Hall–Kier alpha value is -0.450. The lowest BCUT2D eigenvalue weighted by molar-refractivity contribution is 0.248. The third-order valence-electron chi connectivity index (χ3n) is 2.80. The predicted octanol–water partition coefficient (Wildman–Crippen LogP) is 2.34. The van der Waals surface area contributed by atoms with Gasteiger partial charge in [-0.25, -0.2) is 4.98 Å².